The van der Waals surface area contributed by atoms with Crippen LogP contribution in [0.2, 0.25) is 0 Å². The zero-order valence-corrected chi connectivity index (χ0v) is 9.38. The van der Waals surface area contributed by atoms with E-state index in [1.807, 2.05) is 30.3 Å². The van der Waals surface area contributed by atoms with Crippen LogP contribution in [-0.4, -0.2) is 26.0 Å². The first kappa shape index (κ1) is 10.5. The van der Waals surface area contributed by atoms with E-state index < -0.39 is 0 Å². The third kappa shape index (κ3) is 1.53. The first-order valence-corrected chi connectivity index (χ1v) is 5.43. The number of phenolic OH excluding ortho intramolecular Hbond substituents is 1. The Morgan fingerprint density at radius 3 is 2.78 bits per heavy atom. The van der Waals surface area contributed by atoms with Crippen molar-refractivity contribution in [2.75, 3.05) is 0 Å². The van der Waals surface area contributed by atoms with Gasteiger partial charge in [-0.3, -0.25) is 10.5 Å². The average molecular weight is 238 g/mol. The molecule has 0 unspecified atom stereocenters. The Kier molecular flexibility index (Phi) is 2.30. The summed E-state index contributed by atoms with van der Waals surface area (Å²) < 4.78 is 0. The van der Waals surface area contributed by atoms with Crippen molar-refractivity contribution in [2.24, 2.45) is 0 Å². The van der Waals surface area contributed by atoms with Crippen LogP contribution in [0.5, 0.6) is 5.75 Å². The molecule has 0 spiro atoms. The maximum atomic E-state index is 9.97. The first-order chi connectivity index (χ1) is 8.77. The summed E-state index contributed by atoms with van der Waals surface area (Å²) in [6.07, 6.45) is 1.34. The van der Waals surface area contributed by atoms with E-state index in [-0.39, 0.29) is 11.5 Å². The third-order valence-corrected chi connectivity index (χ3v) is 2.81. The van der Waals surface area contributed by atoms with Crippen molar-refractivity contribution in [1.29, 1.82) is 5.41 Å². The molecule has 3 rings (SSSR count). The number of benzene rings is 2. The van der Waals surface area contributed by atoms with Crippen molar-refractivity contribution < 1.29 is 5.11 Å². The molecule has 3 aromatic rings. The Hall–Kier alpha value is -2.69. The number of rotatable bonds is 2. The molecule has 5 nitrogen and oxygen atoms in total. The van der Waals surface area contributed by atoms with Crippen molar-refractivity contribution >= 4 is 16.5 Å². The first-order valence-electron chi connectivity index (χ1n) is 5.43. The lowest BCUT2D eigenvalue weighted by atomic mass is 9.99. The van der Waals surface area contributed by atoms with Crippen LogP contribution in [0.15, 0.2) is 42.7 Å². The molecule has 0 fully saturated rings. The fraction of sp³-hybridized carbons (Fsp3) is 0. The van der Waals surface area contributed by atoms with Crippen LogP contribution in [0.4, 0.5) is 0 Å². The fourth-order valence-corrected chi connectivity index (χ4v) is 1.97. The van der Waals surface area contributed by atoms with Gasteiger partial charge >= 0.3 is 0 Å². The van der Waals surface area contributed by atoms with Gasteiger partial charge in [0.2, 0.25) is 0 Å². The number of nitrogens with zero attached hydrogens (tertiary/aromatic N) is 2. The maximum Gasteiger partial charge on any atom is 0.174 e. The van der Waals surface area contributed by atoms with Gasteiger partial charge in [-0.05, 0) is 16.8 Å². The average Bonchev–Trinajstić information content (AvgIpc) is 2.92. The van der Waals surface area contributed by atoms with Crippen LogP contribution in [0.3, 0.4) is 0 Å². The Bertz CT molecular complexity index is 719. The number of hydrogen-bond donors (Lipinski definition) is 3. The van der Waals surface area contributed by atoms with Crippen LogP contribution in [0, 0.1) is 5.41 Å². The number of H-pyrrole nitrogens is 1. The summed E-state index contributed by atoms with van der Waals surface area (Å²) in [5.74, 6) is 0.400. The van der Waals surface area contributed by atoms with E-state index in [9.17, 15) is 5.11 Å². The number of nitrogens with one attached hydrogen (secondary N) is 2. The molecule has 0 amide bonds. The molecule has 3 N–H and O–H groups in total. The van der Waals surface area contributed by atoms with Gasteiger partial charge in [-0.1, -0.05) is 30.3 Å². The molecule has 1 aromatic heterocycles. The predicted molar refractivity (Wildman–Crippen MR) is 67.9 cm³/mol. The summed E-state index contributed by atoms with van der Waals surface area (Å²) in [5.41, 5.74) is 0.589. The molecular formula is C13H10N4O. The molecule has 2 aromatic carbocycles. The predicted octanol–water partition coefficient (Wildman–Crippen LogP) is 2.08. The number of aromatic amines is 1. The minimum atomic E-state index is 0.0649. The topological polar surface area (TPSA) is 85.7 Å². The Labute approximate surface area is 103 Å². The van der Waals surface area contributed by atoms with Gasteiger partial charge in [-0.25, -0.2) is 4.98 Å². The highest BCUT2D eigenvalue weighted by Gasteiger charge is 2.15. The molecule has 0 atom stereocenters. The summed E-state index contributed by atoms with van der Waals surface area (Å²) in [6, 6.07) is 11.0. The fourth-order valence-electron chi connectivity index (χ4n) is 1.97. The Balaban J connectivity index is 2.28. The second kappa shape index (κ2) is 3.96. The molecule has 0 radical (unpaired) electrons. The van der Waals surface area contributed by atoms with Crippen LogP contribution >= 0.6 is 0 Å². The second-order valence-corrected chi connectivity index (χ2v) is 3.89. The van der Waals surface area contributed by atoms with E-state index in [1.165, 1.54) is 6.33 Å². The quantitative estimate of drug-likeness (QED) is 0.597. The third-order valence-electron chi connectivity index (χ3n) is 2.81. The summed E-state index contributed by atoms with van der Waals surface area (Å²) in [5, 5.41) is 26.2. The Morgan fingerprint density at radius 1 is 1.17 bits per heavy atom. The van der Waals surface area contributed by atoms with E-state index in [4.69, 9.17) is 5.41 Å². The number of fused-ring (bicyclic) bond motifs is 1. The van der Waals surface area contributed by atoms with Gasteiger partial charge in [0.25, 0.3) is 0 Å². The van der Waals surface area contributed by atoms with Crippen molar-refractivity contribution in [3.8, 4) is 5.75 Å². The largest absolute Gasteiger partial charge is 0.507 e. The van der Waals surface area contributed by atoms with Crippen molar-refractivity contribution in [3.63, 3.8) is 0 Å². The van der Waals surface area contributed by atoms with Crippen molar-refractivity contribution in [1.82, 2.24) is 15.2 Å². The number of aromatic nitrogens is 3. The van der Waals surface area contributed by atoms with E-state index in [2.05, 4.69) is 15.2 Å². The lowest BCUT2D eigenvalue weighted by Crippen LogP contribution is -2.05. The lowest BCUT2D eigenvalue weighted by molar-refractivity contribution is 0.475. The zero-order chi connectivity index (χ0) is 12.5. The van der Waals surface area contributed by atoms with E-state index in [1.54, 1.807) is 6.07 Å². The molecule has 0 saturated carbocycles. The van der Waals surface area contributed by atoms with Crippen LogP contribution < -0.4 is 0 Å². The van der Waals surface area contributed by atoms with Gasteiger partial charge in [-0.2, -0.15) is 5.10 Å². The smallest absolute Gasteiger partial charge is 0.174 e. The normalized spacial score (nSPS) is 10.7. The van der Waals surface area contributed by atoms with Gasteiger partial charge < -0.3 is 5.11 Å². The SMILES string of the molecule is N=C(c1ncn[nH]1)c1c(O)ccc2ccccc12. The molecular weight excluding hydrogens is 228 g/mol. The number of phenols is 1. The molecule has 0 bridgehead atoms. The highest BCUT2D eigenvalue weighted by atomic mass is 16.3. The van der Waals surface area contributed by atoms with Gasteiger partial charge in [0.05, 0.1) is 5.56 Å². The highest BCUT2D eigenvalue weighted by molar-refractivity contribution is 6.17. The minimum absolute atomic E-state index is 0.0649. The number of hydrogen-bond acceptors (Lipinski definition) is 4. The molecule has 0 aliphatic carbocycles. The van der Waals surface area contributed by atoms with Gasteiger partial charge in [0.1, 0.15) is 17.8 Å². The molecule has 0 aliphatic rings. The lowest BCUT2D eigenvalue weighted by Gasteiger charge is -2.08. The van der Waals surface area contributed by atoms with Crippen LogP contribution in [0.25, 0.3) is 10.8 Å². The van der Waals surface area contributed by atoms with E-state index >= 15 is 0 Å². The highest BCUT2D eigenvalue weighted by Crippen LogP contribution is 2.28. The zero-order valence-electron chi connectivity index (χ0n) is 9.38. The van der Waals surface area contributed by atoms with Gasteiger partial charge in [0.15, 0.2) is 5.82 Å². The molecule has 0 aliphatic heterocycles. The summed E-state index contributed by atoms with van der Waals surface area (Å²) in [7, 11) is 0. The standard InChI is InChI=1S/C13H10N4O/c14-12(13-15-7-16-17-13)11-9-4-2-1-3-8(9)5-6-10(11)18/h1-7,14,18H,(H,15,16,17). The van der Waals surface area contributed by atoms with Gasteiger partial charge in [-0.15, -0.1) is 0 Å². The molecule has 0 saturated heterocycles. The summed E-state index contributed by atoms with van der Waals surface area (Å²) in [6.45, 7) is 0. The van der Waals surface area contributed by atoms with Gasteiger partial charge in [0, 0.05) is 0 Å². The van der Waals surface area contributed by atoms with E-state index in [0.29, 0.717) is 11.4 Å². The second-order valence-electron chi connectivity index (χ2n) is 3.89. The number of aromatic hydroxyl groups is 1. The van der Waals surface area contributed by atoms with Crippen LogP contribution in [0.1, 0.15) is 11.4 Å². The van der Waals surface area contributed by atoms with E-state index in [0.717, 1.165) is 10.8 Å². The summed E-state index contributed by atoms with van der Waals surface area (Å²) in [4.78, 5) is 3.94. The minimum Gasteiger partial charge on any atom is -0.507 e. The molecule has 88 valence electrons. The van der Waals surface area contributed by atoms with Crippen molar-refractivity contribution in [2.45, 2.75) is 0 Å². The van der Waals surface area contributed by atoms with Crippen molar-refractivity contribution in [3.05, 3.63) is 54.1 Å². The van der Waals surface area contributed by atoms with Crippen LogP contribution in [-0.2, 0) is 0 Å². The molecule has 18 heavy (non-hydrogen) atoms. The monoisotopic (exact) mass is 238 g/mol. The summed E-state index contributed by atoms with van der Waals surface area (Å²) >= 11 is 0. The molecule has 1 heterocycles. The molecule has 5 heteroatoms. The maximum absolute atomic E-state index is 9.97. The Morgan fingerprint density at radius 2 is 2.00 bits per heavy atom.